The summed E-state index contributed by atoms with van der Waals surface area (Å²) in [5.41, 5.74) is 2.99. The van der Waals surface area contributed by atoms with Crippen LogP contribution in [0.5, 0.6) is 0 Å². The molecule has 1 atom stereocenters. The third-order valence-electron chi connectivity index (χ3n) is 4.58. The molecule has 0 spiro atoms. The van der Waals surface area contributed by atoms with E-state index in [0.717, 1.165) is 36.3 Å². The molecule has 0 radical (unpaired) electrons. The van der Waals surface area contributed by atoms with Crippen LogP contribution in [0.1, 0.15) is 29.5 Å². The standard InChI is InChI=1S/C18H25N3OS/c1-4-13-9-16(12(2)20-18(13)22)17-6-5-15(23-17)10-19-14-7-8-21(3)11-14/h5-6,9,14,19H,4,7-8,10-11H2,1-3H3,(H,20,22). The van der Waals surface area contributed by atoms with E-state index >= 15 is 0 Å². The molecule has 23 heavy (non-hydrogen) atoms. The highest BCUT2D eigenvalue weighted by molar-refractivity contribution is 7.15. The van der Waals surface area contributed by atoms with Gasteiger partial charge in [0.1, 0.15) is 0 Å². The highest BCUT2D eigenvalue weighted by atomic mass is 32.1. The van der Waals surface area contributed by atoms with Crippen molar-refractivity contribution in [2.45, 2.75) is 39.3 Å². The number of H-pyrrole nitrogens is 1. The van der Waals surface area contributed by atoms with Gasteiger partial charge in [0.05, 0.1) is 0 Å². The Morgan fingerprint density at radius 1 is 1.43 bits per heavy atom. The Labute approximate surface area is 141 Å². The Bertz CT molecular complexity index is 734. The third-order valence-corrected chi connectivity index (χ3v) is 5.70. The number of pyridine rings is 1. The van der Waals surface area contributed by atoms with Gasteiger partial charge in [-0.1, -0.05) is 6.92 Å². The molecule has 1 aliphatic heterocycles. The smallest absolute Gasteiger partial charge is 0.251 e. The number of likely N-dealkylation sites (tertiary alicyclic amines) is 1. The van der Waals surface area contributed by atoms with Crippen LogP contribution >= 0.6 is 11.3 Å². The maximum atomic E-state index is 11.9. The molecular formula is C18H25N3OS. The van der Waals surface area contributed by atoms with E-state index in [4.69, 9.17) is 0 Å². The first-order valence-corrected chi connectivity index (χ1v) is 9.12. The van der Waals surface area contributed by atoms with Crippen molar-refractivity contribution >= 4 is 11.3 Å². The van der Waals surface area contributed by atoms with Crippen molar-refractivity contribution in [3.05, 3.63) is 44.7 Å². The molecule has 1 aliphatic rings. The lowest BCUT2D eigenvalue weighted by Gasteiger charge is -2.11. The number of aromatic nitrogens is 1. The fourth-order valence-corrected chi connectivity index (χ4v) is 4.18. The minimum absolute atomic E-state index is 0.0394. The molecule has 3 heterocycles. The number of nitrogens with one attached hydrogen (secondary N) is 2. The molecule has 0 aliphatic carbocycles. The molecule has 4 nitrogen and oxygen atoms in total. The van der Waals surface area contributed by atoms with E-state index in [1.165, 1.54) is 22.7 Å². The number of aryl methyl sites for hydroxylation is 2. The average molecular weight is 331 g/mol. The molecular weight excluding hydrogens is 306 g/mol. The van der Waals surface area contributed by atoms with Crippen molar-refractivity contribution in [2.75, 3.05) is 20.1 Å². The highest BCUT2D eigenvalue weighted by Crippen LogP contribution is 2.30. The average Bonchev–Trinajstić information content (AvgIpc) is 3.14. The minimum Gasteiger partial charge on any atom is -0.326 e. The molecule has 0 aromatic carbocycles. The number of hydrogen-bond donors (Lipinski definition) is 2. The lowest BCUT2D eigenvalue weighted by Crippen LogP contribution is -2.30. The summed E-state index contributed by atoms with van der Waals surface area (Å²) >= 11 is 1.81. The molecule has 0 amide bonds. The van der Waals surface area contributed by atoms with E-state index in [-0.39, 0.29) is 5.56 Å². The molecule has 0 saturated carbocycles. The zero-order chi connectivity index (χ0) is 16.4. The fourth-order valence-electron chi connectivity index (χ4n) is 3.15. The van der Waals surface area contributed by atoms with Crippen LogP contribution in [0.2, 0.25) is 0 Å². The van der Waals surface area contributed by atoms with Gasteiger partial charge in [-0.25, -0.2) is 0 Å². The van der Waals surface area contributed by atoms with E-state index in [0.29, 0.717) is 6.04 Å². The molecule has 1 saturated heterocycles. The van der Waals surface area contributed by atoms with Crippen LogP contribution in [0.4, 0.5) is 0 Å². The van der Waals surface area contributed by atoms with Crippen LogP contribution < -0.4 is 10.9 Å². The Balaban J connectivity index is 1.73. The van der Waals surface area contributed by atoms with Crippen molar-refractivity contribution in [3.63, 3.8) is 0 Å². The summed E-state index contributed by atoms with van der Waals surface area (Å²) in [7, 11) is 2.18. The van der Waals surface area contributed by atoms with Gasteiger partial charge >= 0.3 is 0 Å². The topological polar surface area (TPSA) is 48.1 Å². The summed E-state index contributed by atoms with van der Waals surface area (Å²) < 4.78 is 0. The number of nitrogens with zero attached hydrogens (tertiary/aromatic N) is 1. The minimum atomic E-state index is 0.0394. The lowest BCUT2D eigenvalue weighted by molar-refractivity contribution is 0.398. The van der Waals surface area contributed by atoms with E-state index < -0.39 is 0 Å². The second kappa shape index (κ2) is 6.99. The van der Waals surface area contributed by atoms with Gasteiger partial charge in [0.25, 0.3) is 5.56 Å². The molecule has 2 aromatic heterocycles. The lowest BCUT2D eigenvalue weighted by atomic mass is 10.1. The first-order chi connectivity index (χ1) is 11.1. The van der Waals surface area contributed by atoms with Crippen LogP contribution in [0.15, 0.2) is 23.0 Å². The number of hydrogen-bond acceptors (Lipinski definition) is 4. The van der Waals surface area contributed by atoms with Gasteiger partial charge in [0, 0.05) is 45.7 Å². The van der Waals surface area contributed by atoms with E-state index in [1.54, 1.807) is 0 Å². The van der Waals surface area contributed by atoms with Crippen molar-refractivity contribution in [3.8, 4) is 10.4 Å². The van der Waals surface area contributed by atoms with Crippen molar-refractivity contribution in [2.24, 2.45) is 0 Å². The van der Waals surface area contributed by atoms with Crippen molar-refractivity contribution in [1.82, 2.24) is 15.2 Å². The first kappa shape index (κ1) is 16.4. The summed E-state index contributed by atoms with van der Waals surface area (Å²) in [6, 6.07) is 7.01. The number of thiophene rings is 1. The van der Waals surface area contributed by atoms with E-state index in [1.807, 2.05) is 31.3 Å². The SMILES string of the molecule is CCc1cc(-c2ccc(CNC3CCN(C)C3)s2)c(C)[nH]c1=O. The van der Waals surface area contributed by atoms with Gasteiger partial charge in [-0.2, -0.15) is 0 Å². The van der Waals surface area contributed by atoms with Gasteiger partial charge < -0.3 is 15.2 Å². The first-order valence-electron chi connectivity index (χ1n) is 8.30. The van der Waals surface area contributed by atoms with Crippen LogP contribution in [0, 0.1) is 6.92 Å². The summed E-state index contributed by atoms with van der Waals surface area (Å²) in [6.07, 6.45) is 1.99. The second-order valence-electron chi connectivity index (χ2n) is 6.41. The molecule has 5 heteroatoms. The zero-order valence-electron chi connectivity index (χ0n) is 14.1. The maximum absolute atomic E-state index is 11.9. The monoisotopic (exact) mass is 331 g/mol. The van der Waals surface area contributed by atoms with Crippen molar-refractivity contribution in [1.29, 1.82) is 0 Å². The van der Waals surface area contributed by atoms with Crippen LogP contribution in [-0.4, -0.2) is 36.1 Å². The number of aromatic amines is 1. The predicted octanol–water partition coefficient (Wildman–Crippen LogP) is 2.77. The highest BCUT2D eigenvalue weighted by Gasteiger charge is 2.18. The predicted molar refractivity (Wildman–Crippen MR) is 97.2 cm³/mol. The largest absolute Gasteiger partial charge is 0.326 e. The molecule has 0 bridgehead atoms. The second-order valence-corrected chi connectivity index (χ2v) is 7.58. The maximum Gasteiger partial charge on any atom is 0.251 e. The number of rotatable bonds is 5. The van der Waals surface area contributed by atoms with Crippen LogP contribution in [0.25, 0.3) is 10.4 Å². The molecule has 2 aromatic rings. The van der Waals surface area contributed by atoms with Gasteiger partial charge in [-0.15, -0.1) is 11.3 Å². The number of likely N-dealkylation sites (N-methyl/N-ethyl adjacent to an activating group) is 1. The fraction of sp³-hybridized carbons (Fsp3) is 0.500. The summed E-state index contributed by atoms with van der Waals surface area (Å²) in [6.45, 7) is 7.24. The summed E-state index contributed by atoms with van der Waals surface area (Å²) in [4.78, 5) is 19.8. The van der Waals surface area contributed by atoms with Gasteiger partial charge in [0.2, 0.25) is 0 Å². The van der Waals surface area contributed by atoms with Gasteiger partial charge in [-0.05, 0) is 51.6 Å². The summed E-state index contributed by atoms with van der Waals surface area (Å²) in [5, 5.41) is 3.65. The quantitative estimate of drug-likeness (QED) is 0.886. The van der Waals surface area contributed by atoms with E-state index in [9.17, 15) is 4.79 Å². The van der Waals surface area contributed by atoms with Gasteiger partial charge in [0.15, 0.2) is 0 Å². The molecule has 1 fully saturated rings. The Morgan fingerprint density at radius 3 is 2.96 bits per heavy atom. The third kappa shape index (κ3) is 3.74. The zero-order valence-corrected chi connectivity index (χ0v) is 14.9. The van der Waals surface area contributed by atoms with Crippen LogP contribution in [0.3, 0.4) is 0 Å². The normalized spacial score (nSPS) is 18.7. The van der Waals surface area contributed by atoms with Gasteiger partial charge in [-0.3, -0.25) is 4.79 Å². The summed E-state index contributed by atoms with van der Waals surface area (Å²) in [5.74, 6) is 0. The Kier molecular flexibility index (Phi) is 4.99. The van der Waals surface area contributed by atoms with E-state index in [2.05, 4.69) is 34.4 Å². The molecule has 124 valence electrons. The molecule has 1 unspecified atom stereocenters. The Hall–Kier alpha value is -1.43. The van der Waals surface area contributed by atoms with Crippen LogP contribution in [-0.2, 0) is 13.0 Å². The molecule has 2 N–H and O–H groups in total. The Morgan fingerprint density at radius 2 is 2.26 bits per heavy atom. The van der Waals surface area contributed by atoms with Crippen molar-refractivity contribution < 1.29 is 0 Å². The molecule has 3 rings (SSSR count).